The second kappa shape index (κ2) is 9.85. The Morgan fingerprint density at radius 3 is 2.74 bits per heavy atom. The van der Waals surface area contributed by atoms with E-state index in [4.69, 9.17) is 10.00 Å². The fourth-order valence-corrected chi connectivity index (χ4v) is 4.59. The summed E-state index contributed by atoms with van der Waals surface area (Å²) in [5.41, 5.74) is 1.05. The molecule has 2 aromatic carbocycles. The first-order chi connectivity index (χ1) is 16.8. The van der Waals surface area contributed by atoms with E-state index in [1.54, 1.807) is 25.2 Å². The van der Waals surface area contributed by atoms with Crippen LogP contribution in [0.15, 0.2) is 59.7 Å². The molecule has 180 valence electrons. The third kappa shape index (κ3) is 4.94. The average molecular weight is 476 g/mol. The number of benzene rings is 2. The number of amides is 3. The van der Waals surface area contributed by atoms with Crippen LogP contribution >= 0.6 is 0 Å². The molecular formula is C25H25N5O5. The maximum atomic E-state index is 13.5. The zero-order chi connectivity index (χ0) is 25.0. The maximum absolute atomic E-state index is 13.5. The van der Waals surface area contributed by atoms with Crippen LogP contribution in [-0.4, -0.2) is 71.4 Å². The van der Waals surface area contributed by atoms with Gasteiger partial charge < -0.3 is 20.1 Å². The number of carbonyl (C=O) groups is 3. The van der Waals surface area contributed by atoms with Gasteiger partial charge in [0.05, 0.1) is 17.3 Å². The number of rotatable bonds is 7. The smallest absolute Gasteiger partial charge is 0.405 e. The summed E-state index contributed by atoms with van der Waals surface area (Å²) in [4.78, 5) is 39.7. The SMILES string of the molecule is CN1N=C2CCN(C(=O)[C@@H](COc3cccc(C#N)c3)NC(=O)O)C[C@@]2(Cc2ccccc2)C1=O. The monoisotopic (exact) mass is 475 g/mol. The molecule has 0 spiro atoms. The number of fused-ring (bicyclic) bond motifs is 1. The van der Waals surface area contributed by atoms with Crippen LogP contribution in [0.3, 0.4) is 0 Å². The summed E-state index contributed by atoms with van der Waals surface area (Å²) in [6.07, 6.45) is -0.583. The Bertz CT molecular complexity index is 1210. The first-order valence-corrected chi connectivity index (χ1v) is 11.1. The molecule has 10 nitrogen and oxygen atoms in total. The Morgan fingerprint density at radius 1 is 1.26 bits per heavy atom. The van der Waals surface area contributed by atoms with Crippen LogP contribution < -0.4 is 10.1 Å². The zero-order valence-corrected chi connectivity index (χ0v) is 19.2. The number of hydrazone groups is 1. The van der Waals surface area contributed by atoms with Crippen molar-refractivity contribution in [3.05, 3.63) is 65.7 Å². The number of nitriles is 1. The quantitative estimate of drug-likeness (QED) is 0.628. The molecule has 0 aromatic heterocycles. The van der Waals surface area contributed by atoms with Crippen molar-refractivity contribution in [3.8, 4) is 11.8 Å². The van der Waals surface area contributed by atoms with E-state index in [2.05, 4.69) is 10.4 Å². The third-order valence-corrected chi connectivity index (χ3v) is 6.24. The van der Waals surface area contributed by atoms with Crippen LogP contribution in [0.5, 0.6) is 5.75 Å². The lowest BCUT2D eigenvalue weighted by Crippen LogP contribution is -2.59. The van der Waals surface area contributed by atoms with Gasteiger partial charge in [-0.2, -0.15) is 10.4 Å². The molecule has 2 heterocycles. The Hall–Kier alpha value is -4.39. The molecule has 2 aliphatic rings. The van der Waals surface area contributed by atoms with Crippen molar-refractivity contribution in [2.24, 2.45) is 10.5 Å². The van der Waals surface area contributed by atoms with Gasteiger partial charge in [0.25, 0.3) is 5.91 Å². The molecule has 10 heteroatoms. The summed E-state index contributed by atoms with van der Waals surface area (Å²) in [6, 6.07) is 16.7. The predicted molar refractivity (Wildman–Crippen MR) is 126 cm³/mol. The van der Waals surface area contributed by atoms with Crippen molar-refractivity contribution in [2.75, 3.05) is 26.7 Å². The summed E-state index contributed by atoms with van der Waals surface area (Å²) in [6.45, 7) is 0.124. The highest BCUT2D eigenvalue weighted by Gasteiger charge is 2.53. The van der Waals surface area contributed by atoms with Gasteiger partial charge in [0.1, 0.15) is 23.8 Å². The minimum absolute atomic E-state index is 0.0877. The molecule has 0 bridgehead atoms. The maximum Gasteiger partial charge on any atom is 0.405 e. The third-order valence-electron chi connectivity index (χ3n) is 6.24. The lowest BCUT2D eigenvalue weighted by atomic mass is 9.73. The molecule has 2 atom stereocenters. The molecule has 2 N–H and O–H groups in total. The predicted octanol–water partition coefficient (Wildman–Crippen LogP) is 1.86. The Kier molecular flexibility index (Phi) is 6.68. The molecule has 0 saturated carbocycles. The number of hydrogen-bond donors (Lipinski definition) is 2. The minimum atomic E-state index is -1.37. The number of piperidine rings is 1. The lowest BCUT2D eigenvalue weighted by molar-refractivity contribution is -0.141. The van der Waals surface area contributed by atoms with Crippen molar-refractivity contribution in [3.63, 3.8) is 0 Å². The van der Waals surface area contributed by atoms with Crippen LogP contribution in [-0.2, 0) is 16.0 Å². The molecule has 35 heavy (non-hydrogen) atoms. The Morgan fingerprint density at radius 2 is 2.03 bits per heavy atom. The molecule has 2 aliphatic heterocycles. The molecule has 4 rings (SSSR count). The zero-order valence-electron chi connectivity index (χ0n) is 19.2. The molecular weight excluding hydrogens is 450 g/mol. The highest BCUT2D eigenvalue weighted by molar-refractivity contribution is 6.13. The highest BCUT2D eigenvalue weighted by Crippen LogP contribution is 2.38. The van der Waals surface area contributed by atoms with E-state index in [1.165, 1.54) is 16.0 Å². The van der Waals surface area contributed by atoms with Gasteiger partial charge in [-0.25, -0.2) is 9.80 Å². The van der Waals surface area contributed by atoms with Gasteiger partial charge in [-0.1, -0.05) is 36.4 Å². The number of likely N-dealkylation sites (tertiary alicyclic amines) is 1. The molecule has 2 aromatic rings. The number of nitrogens with one attached hydrogen (secondary N) is 1. The topological polar surface area (TPSA) is 135 Å². The van der Waals surface area contributed by atoms with Gasteiger partial charge in [0, 0.05) is 26.6 Å². The number of ether oxygens (including phenoxy) is 1. The molecule has 1 saturated heterocycles. The van der Waals surface area contributed by atoms with Gasteiger partial charge in [-0.15, -0.1) is 0 Å². The van der Waals surface area contributed by atoms with E-state index in [0.29, 0.717) is 30.7 Å². The first kappa shape index (κ1) is 23.8. The van der Waals surface area contributed by atoms with Crippen molar-refractivity contribution >= 4 is 23.6 Å². The average Bonchev–Trinajstić information content (AvgIpc) is 3.10. The molecule has 0 radical (unpaired) electrons. The first-order valence-electron chi connectivity index (χ1n) is 11.1. The van der Waals surface area contributed by atoms with E-state index in [9.17, 15) is 19.5 Å². The van der Waals surface area contributed by atoms with Crippen LogP contribution in [0.2, 0.25) is 0 Å². The van der Waals surface area contributed by atoms with Gasteiger partial charge in [-0.05, 0) is 30.2 Å². The summed E-state index contributed by atoms with van der Waals surface area (Å²) in [7, 11) is 1.60. The molecule has 0 unspecified atom stereocenters. The summed E-state index contributed by atoms with van der Waals surface area (Å²) >= 11 is 0. The van der Waals surface area contributed by atoms with Gasteiger partial charge in [0.2, 0.25) is 5.91 Å². The number of hydrogen-bond acceptors (Lipinski definition) is 6. The fourth-order valence-electron chi connectivity index (χ4n) is 4.59. The highest BCUT2D eigenvalue weighted by atomic mass is 16.5. The van der Waals surface area contributed by atoms with E-state index in [1.807, 2.05) is 36.4 Å². The summed E-state index contributed by atoms with van der Waals surface area (Å²) in [5.74, 6) is -0.339. The fraction of sp³-hybridized carbons (Fsp3) is 0.320. The molecule has 3 amide bonds. The number of carbonyl (C=O) groups excluding carboxylic acids is 2. The van der Waals surface area contributed by atoms with Gasteiger partial charge >= 0.3 is 6.09 Å². The van der Waals surface area contributed by atoms with E-state index in [-0.39, 0.29) is 19.1 Å². The lowest BCUT2D eigenvalue weighted by Gasteiger charge is -2.40. The number of carboxylic acid groups (broad SMARTS) is 1. The Labute approximate surface area is 202 Å². The standard InChI is InChI=1S/C25H25N5O5/c1-29-23(32)25(13-17-6-3-2-4-7-17)16-30(11-10-21(25)28-29)22(31)20(27-24(33)34)15-35-19-9-5-8-18(12-19)14-26/h2-9,12,20,27H,10-11,13,15-16H2,1H3,(H,33,34)/t20-,25-/m1/s1. The van der Waals surface area contributed by atoms with Crippen molar-refractivity contribution in [2.45, 2.75) is 18.9 Å². The van der Waals surface area contributed by atoms with E-state index >= 15 is 0 Å². The van der Waals surface area contributed by atoms with Crippen molar-refractivity contribution < 1.29 is 24.2 Å². The van der Waals surface area contributed by atoms with Gasteiger partial charge in [-0.3, -0.25) is 9.59 Å². The van der Waals surface area contributed by atoms with Gasteiger partial charge in [0.15, 0.2) is 0 Å². The van der Waals surface area contributed by atoms with Crippen molar-refractivity contribution in [1.29, 1.82) is 5.26 Å². The second-order valence-corrected chi connectivity index (χ2v) is 8.58. The van der Waals surface area contributed by atoms with Crippen LogP contribution in [0.25, 0.3) is 0 Å². The second-order valence-electron chi connectivity index (χ2n) is 8.58. The van der Waals surface area contributed by atoms with Crippen LogP contribution in [0, 0.1) is 16.7 Å². The normalized spacial score (nSPS) is 19.9. The summed E-state index contributed by atoms with van der Waals surface area (Å²) in [5, 5.41) is 26.4. The molecule has 1 fully saturated rings. The van der Waals surface area contributed by atoms with Crippen LogP contribution in [0.4, 0.5) is 4.79 Å². The largest absolute Gasteiger partial charge is 0.491 e. The molecule has 0 aliphatic carbocycles. The Balaban J connectivity index is 1.55. The van der Waals surface area contributed by atoms with E-state index < -0.39 is 23.5 Å². The van der Waals surface area contributed by atoms with E-state index in [0.717, 1.165) is 11.3 Å². The van der Waals surface area contributed by atoms with Crippen LogP contribution in [0.1, 0.15) is 17.5 Å². The summed E-state index contributed by atoms with van der Waals surface area (Å²) < 4.78 is 5.65. The van der Waals surface area contributed by atoms with Crippen molar-refractivity contribution in [1.82, 2.24) is 15.2 Å². The minimum Gasteiger partial charge on any atom is -0.491 e. The number of nitrogens with zero attached hydrogens (tertiary/aromatic N) is 4.